The molecular weight excluding hydrogens is 338 g/mol. The van der Waals surface area contributed by atoms with Crippen molar-refractivity contribution in [3.63, 3.8) is 0 Å². The second kappa shape index (κ2) is 6.95. The van der Waals surface area contributed by atoms with Gasteiger partial charge in [0.25, 0.3) is 5.91 Å². The number of benzene rings is 2. The van der Waals surface area contributed by atoms with Gasteiger partial charge in [-0.05, 0) is 61.4 Å². The molecule has 0 aliphatic carbocycles. The molecule has 1 aliphatic heterocycles. The van der Waals surface area contributed by atoms with Crippen LogP contribution < -0.4 is 9.62 Å². The Balaban J connectivity index is 1.73. The summed E-state index contributed by atoms with van der Waals surface area (Å²) in [6, 6.07) is 15.1. The van der Waals surface area contributed by atoms with Crippen molar-refractivity contribution in [1.82, 2.24) is 0 Å². The van der Waals surface area contributed by atoms with E-state index in [0.29, 0.717) is 35.5 Å². The summed E-state index contributed by atoms with van der Waals surface area (Å²) < 4.78 is 25.6. The minimum absolute atomic E-state index is 0.161. The normalized spacial score (nSPS) is 16.0. The molecule has 0 bridgehead atoms. The predicted octanol–water partition coefficient (Wildman–Crippen LogP) is 2.74. The summed E-state index contributed by atoms with van der Waals surface area (Å²) in [5, 5.41) is 11.5. The molecule has 1 heterocycles. The Morgan fingerprint density at radius 1 is 1.04 bits per heavy atom. The standard InChI is InChI=1S/C18H17N3O3S/c19-13-14-3-7-16(8-4-14)20-18(22)15-5-9-17(10-6-15)21-11-1-2-12-25(21,23)24/h3-10H,1-2,11-12H2,(H,20,22). The van der Waals surface area contributed by atoms with E-state index in [1.54, 1.807) is 48.5 Å². The fourth-order valence-electron chi connectivity index (χ4n) is 2.69. The van der Waals surface area contributed by atoms with Gasteiger partial charge in [0.2, 0.25) is 10.0 Å². The average Bonchev–Trinajstić information content (AvgIpc) is 2.62. The Morgan fingerprint density at radius 3 is 2.32 bits per heavy atom. The van der Waals surface area contributed by atoms with E-state index in [9.17, 15) is 13.2 Å². The molecule has 2 aromatic rings. The van der Waals surface area contributed by atoms with Crippen LogP contribution >= 0.6 is 0 Å². The molecular formula is C18H17N3O3S. The van der Waals surface area contributed by atoms with Crippen LogP contribution in [0.25, 0.3) is 0 Å². The fraction of sp³-hybridized carbons (Fsp3) is 0.222. The van der Waals surface area contributed by atoms with Gasteiger partial charge in [-0.3, -0.25) is 9.10 Å². The average molecular weight is 355 g/mol. The Labute approximate surface area is 146 Å². The van der Waals surface area contributed by atoms with Crippen LogP contribution in [0.1, 0.15) is 28.8 Å². The van der Waals surface area contributed by atoms with Crippen molar-refractivity contribution in [2.75, 3.05) is 21.9 Å². The van der Waals surface area contributed by atoms with Crippen LogP contribution in [-0.2, 0) is 10.0 Å². The van der Waals surface area contributed by atoms with Crippen LogP contribution in [0.3, 0.4) is 0 Å². The van der Waals surface area contributed by atoms with E-state index in [1.165, 1.54) is 4.31 Å². The first kappa shape index (κ1) is 17.0. The van der Waals surface area contributed by atoms with Crippen molar-refractivity contribution in [2.24, 2.45) is 0 Å². The maximum absolute atomic E-state index is 12.3. The van der Waals surface area contributed by atoms with Gasteiger partial charge in [-0.15, -0.1) is 0 Å². The third-order valence-corrected chi connectivity index (χ3v) is 5.91. The van der Waals surface area contributed by atoms with Crippen molar-refractivity contribution in [3.8, 4) is 6.07 Å². The van der Waals surface area contributed by atoms with Gasteiger partial charge in [-0.25, -0.2) is 8.42 Å². The summed E-state index contributed by atoms with van der Waals surface area (Å²) in [4.78, 5) is 12.3. The Hall–Kier alpha value is -2.85. The monoisotopic (exact) mass is 355 g/mol. The van der Waals surface area contributed by atoms with Gasteiger partial charge in [0.1, 0.15) is 0 Å². The maximum Gasteiger partial charge on any atom is 0.255 e. The van der Waals surface area contributed by atoms with Crippen molar-refractivity contribution in [2.45, 2.75) is 12.8 Å². The highest BCUT2D eigenvalue weighted by atomic mass is 32.2. The molecule has 1 saturated heterocycles. The molecule has 0 atom stereocenters. The number of nitrogens with zero attached hydrogens (tertiary/aromatic N) is 2. The number of rotatable bonds is 3. The number of carbonyl (C=O) groups is 1. The lowest BCUT2D eigenvalue weighted by Gasteiger charge is -2.28. The first-order chi connectivity index (χ1) is 12.0. The van der Waals surface area contributed by atoms with E-state index in [0.717, 1.165) is 6.42 Å². The Kier molecular flexibility index (Phi) is 4.72. The highest BCUT2D eigenvalue weighted by molar-refractivity contribution is 7.92. The lowest BCUT2D eigenvalue weighted by Crippen LogP contribution is -2.37. The Bertz CT molecular complexity index is 914. The van der Waals surface area contributed by atoms with Gasteiger partial charge in [0.05, 0.1) is 23.1 Å². The van der Waals surface area contributed by atoms with E-state index < -0.39 is 10.0 Å². The van der Waals surface area contributed by atoms with Gasteiger partial charge in [-0.2, -0.15) is 5.26 Å². The summed E-state index contributed by atoms with van der Waals surface area (Å²) >= 11 is 0. The van der Waals surface area contributed by atoms with E-state index in [-0.39, 0.29) is 11.7 Å². The summed E-state index contributed by atoms with van der Waals surface area (Å²) in [6.07, 6.45) is 1.52. The molecule has 0 unspecified atom stereocenters. The topological polar surface area (TPSA) is 90.3 Å². The van der Waals surface area contributed by atoms with Crippen LogP contribution in [0.2, 0.25) is 0 Å². The Morgan fingerprint density at radius 2 is 1.72 bits per heavy atom. The molecule has 2 aromatic carbocycles. The van der Waals surface area contributed by atoms with Crippen molar-refractivity contribution < 1.29 is 13.2 Å². The number of sulfonamides is 1. The molecule has 0 aromatic heterocycles. The number of hydrogen-bond acceptors (Lipinski definition) is 4. The number of nitriles is 1. The van der Waals surface area contributed by atoms with Crippen molar-refractivity contribution in [3.05, 3.63) is 59.7 Å². The van der Waals surface area contributed by atoms with Gasteiger partial charge < -0.3 is 5.32 Å². The molecule has 0 spiro atoms. The van der Waals surface area contributed by atoms with E-state index in [1.807, 2.05) is 6.07 Å². The number of carbonyl (C=O) groups excluding carboxylic acids is 1. The zero-order valence-corrected chi connectivity index (χ0v) is 14.3. The van der Waals surface area contributed by atoms with E-state index >= 15 is 0 Å². The fourth-order valence-corrected chi connectivity index (χ4v) is 4.33. The molecule has 3 rings (SSSR count). The molecule has 25 heavy (non-hydrogen) atoms. The molecule has 1 amide bonds. The lowest BCUT2D eigenvalue weighted by molar-refractivity contribution is 0.102. The molecule has 1 fully saturated rings. The number of hydrogen-bond donors (Lipinski definition) is 1. The molecule has 0 radical (unpaired) electrons. The first-order valence-corrected chi connectivity index (χ1v) is 9.52. The molecule has 128 valence electrons. The SMILES string of the molecule is N#Cc1ccc(NC(=O)c2ccc(N3CCCCS3(=O)=O)cc2)cc1. The van der Waals surface area contributed by atoms with Gasteiger partial charge >= 0.3 is 0 Å². The van der Waals surface area contributed by atoms with Crippen LogP contribution in [0.5, 0.6) is 0 Å². The quantitative estimate of drug-likeness (QED) is 0.916. The number of anilines is 2. The number of nitrogens with one attached hydrogen (secondary N) is 1. The molecule has 1 N–H and O–H groups in total. The van der Waals surface area contributed by atoms with Crippen LogP contribution in [-0.4, -0.2) is 26.6 Å². The van der Waals surface area contributed by atoms with Crippen LogP contribution in [0.15, 0.2) is 48.5 Å². The van der Waals surface area contributed by atoms with Crippen molar-refractivity contribution in [1.29, 1.82) is 5.26 Å². The predicted molar refractivity (Wildman–Crippen MR) is 95.9 cm³/mol. The largest absolute Gasteiger partial charge is 0.322 e. The zero-order chi connectivity index (χ0) is 17.9. The first-order valence-electron chi connectivity index (χ1n) is 7.91. The lowest BCUT2D eigenvalue weighted by atomic mass is 10.1. The third kappa shape index (κ3) is 3.80. The van der Waals surface area contributed by atoms with Gasteiger partial charge in [0.15, 0.2) is 0 Å². The minimum Gasteiger partial charge on any atom is -0.322 e. The molecule has 6 nitrogen and oxygen atoms in total. The summed E-state index contributed by atoms with van der Waals surface area (Å²) in [6.45, 7) is 0.471. The number of amides is 1. The maximum atomic E-state index is 12.3. The van der Waals surface area contributed by atoms with Gasteiger partial charge in [-0.1, -0.05) is 0 Å². The van der Waals surface area contributed by atoms with Gasteiger partial charge in [0, 0.05) is 17.8 Å². The van der Waals surface area contributed by atoms with E-state index in [4.69, 9.17) is 5.26 Å². The second-order valence-electron chi connectivity index (χ2n) is 5.79. The van der Waals surface area contributed by atoms with Crippen LogP contribution in [0.4, 0.5) is 11.4 Å². The molecule has 0 saturated carbocycles. The van der Waals surface area contributed by atoms with E-state index in [2.05, 4.69) is 5.32 Å². The van der Waals surface area contributed by atoms with Crippen molar-refractivity contribution >= 4 is 27.3 Å². The minimum atomic E-state index is -3.26. The molecule has 1 aliphatic rings. The summed E-state index contributed by atoms with van der Waals surface area (Å²) in [7, 11) is -3.26. The molecule has 7 heteroatoms. The second-order valence-corrected chi connectivity index (χ2v) is 7.80. The summed E-state index contributed by atoms with van der Waals surface area (Å²) in [5.41, 5.74) is 2.12. The third-order valence-electron chi connectivity index (χ3n) is 4.04. The smallest absolute Gasteiger partial charge is 0.255 e. The highest BCUT2D eigenvalue weighted by Crippen LogP contribution is 2.24. The zero-order valence-electron chi connectivity index (χ0n) is 13.5. The highest BCUT2D eigenvalue weighted by Gasteiger charge is 2.25. The summed E-state index contributed by atoms with van der Waals surface area (Å²) in [5.74, 6) is -0.133. The van der Waals surface area contributed by atoms with Crippen LogP contribution in [0, 0.1) is 11.3 Å².